The topological polar surface area (TPSA) is 95.2 Å². The van der Waals surface area contributed by atoms with Crippen molar-refractivity contribution in [3.05, 3.63) is 10.1 Å². The second-order valence-corrected chi connectivity index (χ2v) is 17.6. The van der Waals surface area contributed by atoms with Gasteiger partial charge in [-0.05, 0) is 12.8 Å². The molecule has 0 unspecified atom stereocenters. The Kier molecular flexibility index (Phi) is 7.68. The molecule has 1 fully saturated rings. The number of rotatable bonds is 1. The normalized spacial score (nSPS) is 27.5. The third-order valence-electron chi connectivity index (χ3n) is 2.01. The van der Waals surface area contributed by atoms with Crippen molar-refractivity contribution in [1.29, 1.82) is 0 Å². The van der Waals surface area contributed by atoms with E-state index >= 15 is 0 Å². The molecule has 9 heteroatoms. The maximum absolute atomic E-state index is 9.51. The Morgan fingerprint density at radius 3 is 1.53 bits per heavy atom. The predicted molar refractivity (Wildman–Crippen MR) is 59.0 cm³/mol. The summed E-state index contributed by atoms with van der Waals surface area (Å²) in [7, 11) is 14.6. The summed E-state index contributed by atoms with van der Waals surface area (Å²) in [5.41, 5.74) is 11.3. The third-order valence-corrected chi connectivity index (χ3v) is 5.09. The first-order valence-corrected chi connectivity index (χ1v) is 13.6. The molecule has 1 saturated carbocycles. The fourth-order valence-corrected chi connectivity index (χ4v) is 1.19. The van der Waals surface area contributed by atoms with Crippen molar-refractivity contribution in [2.24, 2.45) is 11.5 Å². The summed E-state index contributed by atoms with van der Waals surface area (Å²) in [6.45, 7) is 0. The van der Waals surface area contributed by atoms with Crippen molar-refractivity contribution >= 4 is 28.3 Å². The molecule has 1 aliphatic rings. The summed E-state index contributed by atoms with van der Waals surface area (Å²) >= 11 is -3.97. The molecule has 0 spiro atoms. The van der Waals surface area contributed by atoms with E-state index in [2.05, 4.69) is 0 Å². The van der Waals surface area contributed by atoms with E-state index in [1.165, 1.54) is 12.8 Å². The molecule has 0 saturated heterocycles. The molecule has 2 atom stereocenters. The van der Waals surface area contributed by atoms with E-state index in [9.17, 15) is 10.1 Å². The molecule has 4 N–H and O–H groups in total. The Morgan fingerprint density at radius 2 is 1.40 bits per heavy atom. The number of nitrogens with two attached hydrogens (primary N) is 2. The van der Waals surface area contributed by atoms with E-state index in [-0.39, 0.29) is 12.1 Å². The van der Waals surface area contributed by atoms with Gasteiger partial charge in [-0.1, -0.05) is 12.8 Å². The fourth-order valence-electron chi connectivity index (χ4n) is 1.19. The van der Waals surface area contributed by atoms with Crippen LogP contribution >= 0.6 is 28.3 Å². The summed E-state index contributed by atoms with van der Waals surface area (Å²) in [5, 5.41) is 9.51. The molecule has 0 aromatic carbocycles. The second kappa shape index (κ2) is 7.25. The Balaban J connectivity index is 0.000000265. The van der Waals surface area contributed by atoms with Crippen LogP contribution in [0, 0.1) is 10.1 Å². The number of halogens is 3. The molecule has 0 heterocycles. The Hall–Kier alpha value is 0.878. The van der Waals surface area contributed by atoms with Crippen LogP contribution in [0.15, 0.2) is 0 Å². The van der Waals surface area contributed by atoms with Crippen LogP contribution in [0.5, 0.6) is 0 Å². The van der Waals surface area contributed by atoms with Crippen molar-refractivity contribution < 1.29 is 16.7 Å². The van der Waals surface area contributed by atoms with Crippen LogP contribution in [0.1, 0.15) is 25.7 Å². The van der Waals surface area contributed by atoms with E-state index in [1.54, 1.807) is 0 Å². The van der Waals surface area contributed by atoms with Crippen molar-refractivity contribution in [1.82, 2.24) is 0 Å². The third kappa shape index (κ3) is 7.72. The average molecular weight is 462 g/mol. The molecule has 0 amide bonds. The Morgan fingerprint density at radius 1 is 1.13 bits per heavy atom. The van der Waals surface area contributed by atoms with Gasteiger partial charge in [0.15, 0.2) is 0 Å². The molecule has 0 aromatic rings. The summed E-state index contributed by atoms with van der Waals surface area (Å²) in [6, 6.07) is 0.562. The molecule has 1 rings (SSSR count). The maximum atomic E-state index is 9.51. The van der Waals surface area contributed by atoms with Crippen LogP contribution < -0.4 is 11.5 Å². The van der Waals surface area contributed by atoms with Crippen molar-refractivity contribution in [2.45, 2.75) is 37.8 Å². The van der Waals surface area contributed by atoms with Gasteiger partial charge >= 0.3 is 55.0 Å². The summed E-state index contributed by atoms with van der Waals surface area (Å²) in [4.78, 5) is 9.51. The van der Waals surface area contributed by atoms with Crippen LogP contribution in [0.3, 0.4) is 0 Å². The van der Waals surface area contributed by atoms with Gasteiger partial charge in [0.1, 0.15) is 0 Å². The van der Waals surface area contributed by atoms with Crippen molar-refractivity contribution in [3.63, 3.8) is 0 Å². The first kappa shape index (κ1) is 15.9. The number of nitrogens with zero attached hydrogens (tertiary/aromatic N) is 1. The fraction of sp³-hybridized carbons (Fsp3) is 1.00. The number of nitro groups is 1. The van der Waals surface area contributed by atoms with Crippen LogP contribution in [0.25, 0.3) is 0 Å². The van der Waals surface area contributed by atoms with Gasteiger partial charge in [-0.15, -0.1) is 0 Å². The summed E-state index contributed by atoms with van der Waals surface area (Å²) in [6.07, 6.45) is 4.80. The Labute approximate surface area is 104 Å². The van der Waals surface area contributed by atoms with E-state index in [4.69, 9.17) is 39.7 Å². The summed E-state index contributed by atoms with van der Waals surface area (Å²) in [5.74, 6) is 0. The first-order valence-electron chi connectivity index (χ1n) is 4.18. The van der Waals surface area contributed by atoms with Gasteiger partial charge < -0.3 is 11.5 Å². The number of hydrogen-bond donors (Lipinski definition) is 2. The second-order valence-electron chi connectivity index (χ2n) is 3.10. The monoisotopic (exact) mass is 460 g/mol. The molecule has 0 bridgehead atoms. The zero-order valence-electron chi connectivity index (χ0n) is 7.85. The van der Waals surface area contributed by atoms with Crippen LogP contribution in [-0.2, 0) is 13.2 Å². The molecule has 1 aliphatic carbocycles. The van der Waals surface area contributed by atoms with Gasteiger partial charge in [0, 0.05) is 12.1 Å². The van der Waals surface area contributed by atoms with E-state index in [0.29, 0.717) is 0 Å². The molecular weight excluding hydrogens is 448 g/mol. The first-order chi connectivity index (χ1) is 6.75. The van der Waals surface area contributed by atoms with Crippen LogP contribution in [0.4, 0.5) is 0 Å². The minimum absolute atomic E-state index is 0.281. The van der Waals surface area contributed by atoms with E-state index in [0.717, 1.165) is 12.8 Å². The van der Waals surface area contributed by atoms with Crippen LogP contribution in [-0.4, -0.2) is 15.6 Å². The predicted octanol–water partition coefficient (Wildman–Crippen LogP) is 2.01. The standard InChI is InChI=1S/C6H14N2.3ClH.NO2.Pt/c7-5-3-1-2-4-6(5)8;;;;2-1-3;/h5-6H,1-4,7-8H2;3*1H;;/q;;;;;+3/p-3/t5-,6-;;;;;/m1...../s1. The van der Waals surface area contributed by atoms with Gasteiger partial charge in [-0.2, -0.15) is 0 Å². The zero-order chi connectivity index (χ0) is 12.1. The summed E-state index contributed by atoms with van der Waals surface area (Å²) < 4.78 is -0.836. The quantitative estimate of drug-likeness (QED) is 0.461. The molecule has 0 aromatic heterocycles. The minimum atomic E-state index is -3.97. The molecular formula is C6H14Cl3N3O2Pt. The van der Waals surface area contributed by atoms with Gasteiger partial charge in [0.25, 0.3) is 0 Å². The molecule has 0 radical (unpaired) electrons. The SMILES string of the molecule is N[C@@H]1CCCC[C@H]1N.O=[N+]([O-])[Pt]([Cl])([Cl])[Cl]. The Bertz CT molecular complexity index is 204. The van der Waals surface area contributed by atoms with Gasteiger partial charge in [-0.3, -0.25) is 0 Å². The van der Waals surface area contributed by atoms with E-state index < -0.39 is 16.7 Å². The van der Waals surface area contributed by atoms with Crippen molar-refractivity contribution in [2.75, 3.05) is 0 Å². The van der Waals surface area contributed by atoms with Crippen molar-refractivity contribution in [3.8, 4) is 0 Å². The zero-order valence-corrected chi connectivity index (χ0v) is 12.4. The van der Waals surface area contributed by atoms with Gasteiger partial charge in [0.2, 0.25) is 0 Å². The molecule has 96 valence electrons. The van der Waals surface area contributed by atoms with Gasteiger partial charge in [-0.25, -0.2) is 0 Å². The molecule has 15 heavy (non-hydrogen) atoms. The number of hydrogen-bond acceptors (Lipinski definition) is 4. The van der Waals surface area contributed by atoms with Crippen LogP contribution in [0.2, 0.25) is 0 Å². The van der Waals surface area contributed by atoms with E-state index in [1.807, 2.05) is 0 Å². The average Bonchev–Trinajstić information content (AvgIpc) is 2.09. The molecule has 5 nitrogen and oxygen atoms in total. The molecule has 0 aliphatic heterocycles. The van der Waals surface area contributed by atoms with Gasteiger partial charge in [0.05, 0.1) is 0 Å².